The summed E-state index contributed by atoms with van der Waals surface area (Å²) in [5.41, 5.74) is 0.683. The van der Waals surface area contributed by atoms with E-state index in [9.17, 15) is 18.5 Å². The first-order valence-corrected chi connectivity index (χ1v) is 6.73. The van der Waals surface area contributed by atoms with E-state index < -0.39 is 15.6 Å². The number of hydrogen-bond donors (Lipinski definition) is 1. The molecule has 0 saturated heterocycles. The predicted octanol–water partition coefficient (Wildman–Crippen LogP) is 2.89. The summed E-state index contributed by atoms with van der Waals surface area (Å²) < 4.78 is 22.4. The Morgan fingerprint density at radius 1 is 1.11 bits per heavy atom. The number of hydrogen-bond acceptors (Lipinski definition) is 4. The van der Waals surface area contributed by atoms with Gasteiger partial charge in [0.05, 0.1) is 9.82 Å². The van der Waals surface area contributed by atoms with Crippen LogP contribution in [0.1, 0.15) is 0 Å². The summed E-state index contributed by atoms with van der Waals surface area (Å²) in [5.74, 6) is 0. The van der Waals surface area contributed by atoms with E-state index in [-0.39, 0.29) is 10.6 Å². The van der Waals surface area contributed by atoms with Crippen molar-refractivity contribution in [1.82, 2.24) is 0 Å². The Morgan fingerprint density at radius 2 is 1.84 bits per heavy atom. The molecule has 0 amide bonds. The van der Waals surface area contributed by atoms with Gasteiger partial charge in [-0.05, 0) is 23.8 Å². The monoisotopic (exact) mass is 297 g/mol. The minimum Gasteiger partial charge on any atom is -0.258 e. The molecule has 0 heterocycles. The second-order valence-electron chi connectivity index (χ2n) is 3.73. The van der Waals surface area contributed by atoms with Crippen LogP contribution in [0.3, 0.4) is 0 Å². The summed E-state index contributed by atoms with van der Waals surface area (Å²) in [4.78, 5) is 10.3. The maximum absolute atomic E-state index is 11.2. The SMILES string of the molecule is O=[N+]([O-])c1cccc(-c2cc(Cl)ccc2[SH](=O)=O)c1. The summed E-state index contributed by atoms with van der Waals surface area (Å²) in [6, 6.07) is 10.1. The van der Waals surface area contributed by atoms with Crippen molar-refractivity contribution in [3.05, 3.63) is 57.6 Å². The molecule has 98 valence electrons. The van der Waals surface area contributed by atoms with Gasteiger partial charge in [0.2, 0.25) is 0 Å². The lowest BCUT2D eigenvalue weighted by molar-refractivity contribution is -0.384. The molecule has 2 aromatic carbocycles. The number of thiol groups is 1. The normalized spacial score (nSPS) is 10.6. The summed E-state index contributed by atoms with van der Waals surface area (Å²) in [6.07, 6.45) is 0. The van der Waals surface area contributed by atoms with E-state index in [1.807, 2.05) is 0 Å². The third kappa shape index (κ3) is 2.91. The maximum Gasteiger partial charge on any atom is 0.270 e. The summed E-state index contributed by atoms with van der Waals surface area (Å²) in [7, 11) is -2.81. The number of rotatable bonds is 3. The fourth-order valence-electron chi connectivity index (χ4n) is 1.69. The largest absolute Gasteiger partial charge is 0.270 e. The molecule has 0 aliphatic carbocycles. The standard InChI is InChI=1S/C12H8ClNO4S/c13-9-4-5-12(19(17)18)11(7-9)8-2-1-3-10(6-8)14(15)16/h1-7,19H. The zero-order valence-corrected chi connectivity index (χ0v) is 11.1. The fourth-order valence-corrected chi connectivity index (χ4v) is 2.44. The average molecular weight is 298 g/mol. The van der Waals surface area contributed by atoms with Crippen LogP contribution in [0.25, 0.3) is 11.1 Å². The second-order valence-corrected chi connectivity index (χ2v) is 5.16. The van der Waals surface area contributed by atoms with Crippen molar-refractivity contribution < 1.29 is 13.3 Å². The molecule has 7 heteroatoms. The highest BCUT2D eigenvalue weighted by atomic mass is 35.5. The minimum atomic E-state index is -2.81. The van der Waals surface area contributed by atoms with Crippen LogP contribution >= 0.6 is 11.6 Å². The topological polar surface area (TPSA) is 77.3 Å². The quantitative estimate of drug-likeness (QED) is 0.537. The molecular formula is C12H8ClNO4S. The Balaban J connectivity index is 2.67. The molecule has 2 aromatic rings. The van der Waals surface area contributed by atoms with E-state index in [0.29, 0.717) is 16.1 Å². The highest BCUT2D eigenvalue weighted by Crippen LogP contribution is 2.30. The van der Waals surface area contributed by atoms with Crippen molar-refractivity contribution in [3.63, 3.8) is 0 Å². The van der Waals surface area contributed by atoms with E-state index >= 15 is 0 Å². The van der Waals surface area contributed by atoms with E-state index in [0.717, 1.165) is 0 Å². The molecule has 0 spiro atoms. The zero-order chi connectivity index (χ0) is 14.0. The molecule has 0 aliphatic heterocycles. The Hall–Kier alpha value is -1.92. The van der Waals surface area contributed by atoms with Crippen LogP contribution < -0.4 is 0 Å². The predicted molar refractivity (Wildman–Crippen MR) is 72.1 cm³/mol. The molecule has 0 aromatic heterocycles. The van der Waals surface area contributed by atoms with Gasteiger partial charge in [0.1, 0.15) is 0 Å². The molecule has 0 radical (unpaired) electrons. The van der Waals surface area contributed by atoms with Crippen LogP contribution in [-0.4, -0.2) is 13.3 Å². The van der Waals surface area contributed by atoms with Crippen LogP contribution in [0.5, 0.6) is 0 Å². The number of halogens is 1. The highest BCUT2D eigenvalue weighted by molar-refractivity contribution is 7.72. The van der Waals surface area contributed by atoms with E-state index in [2.05, 4.69) is 0 Å². The molecule has 0 saturated carbocycles. The lowest BCUT2D eigenvalue weighted by Gasteiger charge is -2.05. The van der Waals surface area contributed by atoms with Crippen molar-refractivity contribution in [3.8, 4) is 11.1 Å². The number of non-ortho nitro benzene ring substituents is 1. The minimum absolute atomic E-state index is 0.0832. The summed E-state index contributed by atoms with van der Waals surface area (Å²) in [6.45, 7) is 0. The van der Waals surface area contributed by atoms with Crippen molar-refractivity contribution >= 4 is 28.0 Å². The average Bonchev–Trinajstić information content (AvgIpc) is 2.38. The van der Waals surface area contributed by atoms with Crippen molar-refractivity contribution in [2.45, 2.75) is 4.90 Å². The molecule has 0 N–H and O–H groups in total. The van der Waals surface area contributed by atoms with Gasteiger partial charge in [0.15, 0.2) is 10.7 Å². The first kappa shape index (κ1) is 13.5. The second kappa shape index (κ2) is 5.38. The van der Waals surface area contributed by atoms with Crippen LogP contribution in [0, 0.1) is 10.1 Å². The van der Waals surface area contributed by atoms with Gasteiger partial charge in [-0.1, -0.05) is 23.7 Å². The van der Waals surface area contributed by atoms with Gasteiger partial charge in [-0.25, -0.2) is 8.42 Å². The molecule has 0 unspecified atom stereocenters. The third-order valence-electron chi connectivity index (χ3n) is 2.52. The van der Waals surface area contributed by atoms with Crippen LogP contribution in [0.15, 0.2) is 47.4 Å². The molecule has 0 atom stereocenters. The van der Waals surface area contributed by atoms with Gasteiger partial charge < -0.3 is 0 Å². The van der Waals surface area contributed by atoms with Crippen molar-refractivity contribution in [2.75, 3.05) is 0 Å². The Labute approximate surface area is 115 Å². The fraction of sp³-hybridized carbons (Fsp3) is 0. The highest BCUT2D eigenvalue weighted by Gasteiger charge is 2.12. The van der Waals surface area contributed by atoms with E-state index in [4.69, 9.17) is 11.6 Å². The number of nitro benzene ring substituents is 1. The van der Waals surface area contributed by atoms with Crippen LogP contribution in [0.4, 0.5) is 5.69 Å². The lowest BCUT2D eigenvalue weighted by atomic mass is 10.1. The first-order chi connectivity index (χ1) is 8.99. The Kier molecular flexibility index (Phi) is 3.82. The number of nitrogens with zero attached hydrogens (tertiary/aromatic N) is 1. The van der Waals surface area contributed by atoms with Gasteiger partial charge >= 0.3 is 0 Å². The Morgan fingerprint density at radius 3 is 2.47 bits per heavy atom. The maximum atomic E-state index is 11.2. The van der Waals surface area contributed by atoms with E-state index in [1.165, 1.54) is 36.4 Å². The smallest absolute Gasteiger partial charge is 0.258 e. The lowest BCUT2D eigenvalue weighted by Crippen LogP contribution is -1.91. The molecule has 0 aliphatic rings. The van der Waals surface area contributed by atoms with Gasteiger partial charge in [-0.15, -0.1) is 0 Å². The third-order valence-corrected chi connectivity index (χ3v) is 3.54. The molecule has 0 bridgehead atoms. The molecule has 19 heavy (non-hydrogen) atoms. The number of nitro groups is 1. The van der Waals surface area contributed by atoms with Crippen molar-refractivity contribution in [2.24, 2.45) is 0 Å². The van der Waals surface area contributed by atoms with Gasteiger partial charge in [-0.2, -0.15) is 0 Å². The van der Waals surface area contributed by atoms with Crippen LogP contribution in [-0.2, 0) is 10.7 Å². The summed E-state index contributed by atoms with van der Waals surface area (Å²) in [5, 5.41) is 11.1. The van der Waals surface area contributed by atoms with Gasteiger partial charge in [-0.3, -0.25) is 10.1 Å². The number of benzene rings is 2. The molecular weight excluding hydrogens is 290 g/mol. The van der Waals surface area contributed by atoms with Crippen molar-refractivity contribution in [1.29, 1.82) is 0 Å². The Bertz CT molecular complexity index is 719. The zero-order valence-electron chi connectivity index (χ0n) is 9.45. The van der Waals surface area contributed by atoms with Gasteiger partial charge in [0, 0.05) is 22.7 Å². The summed E-state index contributed by atoms with van der Waals surface area (Å²) >= 11 is 5.84. The van der Waals surface area contributed by atoms with Crippen LogP contribution in [0.2, 0.25) is 5.02 Å². The molecule has 5 nitrogen and oxygen atoms in total. The molecule has 0 fully saturated rings. The van der Waals surface area contributed by atoms with E-state index in [1.54, 1.807) is 6.07 Å². The van der Waals surface area contributed by atoms with Gasteiger partial charge in [0.25, 0.3) is 5.69 Å². The molecule has 2 rings (SSSR count). The first-order valence-electron chi connectivity index (χ1n) is 5.18.